The highest BCUT2D eigenvalue weighted by molar-refractivity contribution is 7.16. The molecule has 2 aromatic heterocycles. The van der Waals surface area contributed by atoms with E-state index >= 15 is 0 Å². The molecule has 0 aliphatic rings. The molecule has 0 saturated heterocycles. The van der Waals surface area contributed by atoms with E-state index in [0.717, 1.165) is 38.0 Å². The number of amides is 1. The number of carbonyl (C=O) groups is 1. The standard InChI is InChI=1S/C26H25ClN4OS/c1-15-14-16(2)29-26(28-15)30-23(19-10-12-21(27)13-11-19)22-17(3)18(4)33-25(22)31-24(32)20-8-6-5-7-9-20/h5-14,23H,1-4H3,(H,31,32)(H,28,29,30). The van der Waals surface area contributed by atoms with Crippen molar-refractivity contribution in [1.29, 1.82) is 0 Å². The minimum absolute atomic E-state index is 0.143. The molecular weight excluding hydrogens is 452 g/mol. The van der Waals surface area contributed by atoms with Crippen molar-refractivity contribution in [2.24, 2.45) is 0 Å². The van der Waals surface area contributed by atoms with Gasteiger partial charge in [0.2, 0.25) is 5.95 Å². The van der Waals surface area contributed by atoms with Crippen LogP contribution >= 0.6 is 22.9 Å². The van der Waals surface area contributed by atoms with E-state index in [1.807, 2.05) is 62.4 Å². The zero-order valence-electron chi connectivity index (χ0n) is 18.9. The summed E-state index contributed by atoms with van der Waals surface area (Å²) >= 11 is 7.74. The molecule has 2 aromatic carbocycles. The van der Waals surface area contributed by atoms with Gasteiger partial charge in [0.05, 0.1) is 6.04 Å². The largest absolute Gasteiger partial charge is 0.343 e. The van der Waals surface area contributed by atoms with Gasteiger partial charge in [0.15, 0.2) is 0 Å². The van der Waals surface area contributed by atoms with Gasteiger partial charge < -0.3 is 10.6 Å². The Labute approximate surface area is 202 Å². The molecule has 0 bridgehead atoms. The molecule has 0 aliphatic carbocycles. The zero-order chi connectivity index (χ0) is 23.5. The molecule has 33 heavy (non-hydrogen) atoms. The van der Waals surface area contributed by atoms with E-state index in [0.29, 0.717) is 16.5 Å². The fraction of sp³-hybridized carbons (Fsp3) is 0.192. The number of halogens is 1. The summed E-state index contributed by atoms with van der Waals surface area (Å²) in [5.74, 6) is 0.395. The Balaban J connectivity index is 1.79. The van der Waals surface area contributed by atoms with E-state index in [2.05, 4.69) is 34.4 Å². The third-order valence-corrected chi connectivity index (χ3v) is 6.83. The maximum absolute atomic E-state index is 13.0. The van der Waals surface area contributed by atoms with Crippen molar-refractivity contribution in [3.8, 4) is 0 Å². The van der Waals surface area contributed by atoms with Crippen LogP contribution in [0.5, 0.6) is 0 Å². The molecule has 1 atom stereocenters. The lowest BCUT2D eigenvalue weighted by molar-refractivity contribution is 0.102. The van der Waals surface area contributed by atoms with Crippen LogP contribution in [0.3, 0.4) is 0 Å². The van der Waals surface area contributed by atoms with Crippen molar-refractivity contribution in [3.63, 3.8) is 0 Å². The van der Waals surface area contributed by atoms with Gasteiger partial charge in [0.1, 0.15) is 5.00 Å². The van der Waals surface area contributed by atoms with E-state index in [4.69, 9.17) is 11.6 Å². The van der Waals surface area contributed by atoms with Crippen molar-refractivity contribution >= 4 is 39.8 Å². The van der Waals surface area contributed by atoms with Crippen LogP contribution in [-0.4, -0.2) is 15.9 Å². The third-order valence-electron chi connectivity index (χ3n) is 5.44. The van der Waals surface area contributed by atoms with E-state index in [1.54, 1.807) is 23.5 Å². The predicted molar refractivity (Wildman–Crippen MR) is 137 cm³/mol. The zero-order valence-corrected chi connectivity index (χ0v) is 20.5. The molecule has 0 spiro atoms. The lowest BCUT2D eigenvalue weighted by Crippen LogP contribution is -2.18. The number of benzene rings is 2. The van der Waals surface area contributed by atoms with E-state index in [1.165, 1.54) is 0 Å². The molecule has 4 aromatic rings. The van der Waals surface area contributed by atoms with Gasteiger partial charge in [-0.15, -0.1) is 11.3 Å². The minimum atomic E-state index is -0.278. The number of carbonyl (C=O) groups excluding carboxylic acids is 1. The molecule has 1 amide bonds. The van der Waals surface area contributed by atoms with E-state index in [-0.39, 0.29) is 11.9 Å². The smallest absolute Gasteiger partial charge is 0.256 e. The van der Waals surface area contributed by atoms with Crippen LogP contribution in [-0.2, 0) is 0 Å². The highest BCUT2D eigenvalue weighted by atomic mass is 35.5. The van der Waals surface area contributed by atoms with Crippen LogP contribution in [0.25, 0.3) is 0 Å². The summed E-state index contributed by atoms with van der Waals surface area (Å²) < 4.78 is 0. The first-order chi connectivity index (χ1) is 15.8. The summed E-state index contributed by atoms with van der Waals surface area (Å²) in [6.45, 7) is 8.03. The van der Waals surface area contributed by atoms with Gasteiger partial charge in [-0.2, -0.15) is 0 Å². The molecule has 2 N–H and O–H groups in total. The molecule has 0 aliphatic heterocycles. The Hall–Kier alpha value is -3.22. The molecule has 5 nitrogen and oxygen atoms in total. The van der Waals surface area contributed by atoms with Gasteiger partial charge >= 0.3 is 0 Å². The average molecular weight is 477 g/mol. The number of anilines is 2. The second-order valence-corrected chi connectivity index (χ2v) is 9.61. The SMILES string of the molecule is Cc1cc(C)nc(NC(c2ccc(Cl)cc2)c2c(NC(=O)c3ccccc3)sc(C)c2C)n1. The van der Waals surface area contributed by atoms with Gasteiger partial charge in [-0.1, -0.05) is 41.9 Å². The van der Waals surface area contributed by atoms with Gasteiger partial charge in [-0.05, 0) is 69.2 Å². The molecule has 7 heteroatoms. The van der Waals surface area contributed by atoms with E-state index in [9.17, 15) is 4.79 Å². The second kappa shape index (κ2) is 9.73. The van der Waals surface area contributed by atoms with Gasteiger partial charge in [-0.25, -0.2) is 9.97 Å². The Morgan fingerprint density at radius 2 is 1.58 bits per heavy atom. The third kappa shape index (κ3) is 5.24. The molecular formula is C26H25ClN4OS. The lowest BCUT2D eigenvalue weighted by Gasteiger charge is -2.22. The summed E-state index contributed by atoms with van der Waals surface area (Å²) in [4.78, 5) is 23.3. The number of nitrogens with one attached hydrogen (secondary N) is 2. The van der Waals surface area contributed by atoms with Crippen molar-refractivity contribution in [3.05, 3.63) is 104 Å². The summed E-state index contributed by atoms with van der Waals surface area (Å²) in [7, 11) is 0. The van der Waals surface area contributed by atoms with Gasteiger partial charge in [0, 0.05) is 32.4 Å². The molecule has 4 rings (SSSR count). The van der Waals surface area contributed by atoms with Crippen LogP contribution in [0.1, 0.15) is 49.4 Å². The second-order valence-electron chi connectivity index (χ2n) is 7.95. The first kappa shape index (κ1) is 23.0. The number of thiophene rings is 1. The summed E-state index contributed by atoms with van der Waals surface area (Å²) in [6.07, 6.45) is 0. The number of aryl methyl sites for hydroxylation is 3. The number of hydrogen-bond acceptors (Lipinski definition) is 5. The lowest BCUT2D eigenvalue weighted by atomic mass is 9.96. The van der Waals surface area contributed by atoms with Crippen molar-refractivity contribution in [2.45, 2.75) is 33.7 Å². The van der Waals surface area contributed by atoms with Gasteiger partial charge in [-0.3, -0.25) is 4.79 Å². The van der Waals surface area contributed by atoms with Crippen LogP contribution < -0.4 is 10.6 Å². The predicted octanol–water partition coefficient (Wildman–Crippen LogP) is 6.88. The molecule has 2 heterocycles. The monoisotopic (exact) mass is 476 g/mol. The normalized spacial score (nSPS) is 11.8. The fourth-order valence-electron chi connectivity index (χ4n) is 3.75. The topological polar surface area (TPSA) is 66.9 Å². The highest BCUT2D eigenvalue weighted by Crippen LogP contribution is 2.41. The summed E-state index contributed by atoms with van der Waals surface area (Å²) in [5.41, 5.74) is 5.48. The molecule has 0 saturated carbocycles. The van der Waals surface area contributed by atoms with Crippen LogP contribution in [0.4, 0.5) is 10.9 Å². The molecule has 168 valence electrons. The highest BCUT2D eigenvalue weighted by Gasteiger charge is 2.25. The maximum Gasteiger partial charge on any atom is 0.256 e. The Kier molecular flexibility index (Phi) is 6.77. The van der Waals surface area contributed by atoms with Crippen LogP contribution in [0.2, 0.25) is 5.02 Å². The Morgan fingerprint density at radius 1 is 0.939 bits per heavy atom. The van der Waals surface area contributed by atoms with Gasteiger partial charge in [0.25, 0.3) is 5.91 Å². The Morgan fingerprint density at radius 3 is 2.21 bits per heavy atom. The average Bonchev–Trinajstić information content (AvgIpc) is 3.05. The maximum atomic E-state index is 13.0. The summed E-state index contributed by atoms with van der Waals surface area (Å²) in [6, 6.07) is 18.6. The minimum Gasteiger partial charge on any atom is -0.343 e. The number of hydrogen-bond donors (Lipinski definition) is 2. The molecule has 1 unspecified atom stereocenters. The van der Waals surface area contributed by atoms with E-state index < -0.39 is 0 Å². The number of rotatable bonds is 6. The summed E-state index contributed by atoms with van der Waals surface area (Å²) in [5, 5.41) is 8.11. The van der Waals surface area contributed by atoms with Crippen molar-refractivity contribution in [2.75, 3.05) is 10.6 Å². The first-order valence-electron chi connectivity index (χ1n) is 10.6. The number of aromatic nitrogens is 2. The first-order valence-corrected chi connectivity index (χ1v) is 11.8. The quantitative estimate of drug-likeness (QED) is 0.318. The van der Waals surface area contributed by atoms with Crippen LogP contribution in [0.15, 0.2) is 60.7 Å². The van der Waals surface area contributed by atoms with Crippen molar-refractivity contribution < 1.29 is 4.79 Å². The van der Waals surface area contributed by atoms with Crippen molar-refractivity contribution in [1.82, 2.24) is 9.97 Å². The fourth-order valence-corrected chi connectivity index (χ4v) is 4.97. The van der Waals surface area contributed by atoms with Crippen LogP contribution in [0, 0.1) is 27.7 Å². The Bertz CT molecular complexity index is 1270. The number of nitrogens with zero attached hydrogens (tertiary/aromatic N) is 2. The molecule has 0 fully saturated rings. The molecule has 0 radical (unpaired) electrons.